The molecule has 3 fully saturated rings. The number of hydrogen-bond acceptors (Lipinski definition) is 2. The Labute approximate surface area is 133 Å². The predicted molar refractivity (Wildman–Crippen MR) is 86.2 cm³/mol. The van der Waals surface area contributed by atoms with Gasteiger partial charge in [0.1, 0.15) is 5.78 Å². The lowest BCUT2D eigenvalue weighted by Crippen LogP contribution is -2.51. The summed E-state index contributed by atoms with van der Waals surface area (Å²) >= 11 is 0. The molecule has 0 radical (unpaired) electrons. The second-order valence-corrected chi connectivity index (χ2v) is 8.45. The maximum Gasteiger partial charge on any atom is 0.159 e. The lowest BCUT2D eigenvalue weighted by molar-refractivity contribution is -0.131. The largest absolute Gasteiger partial charge is 0.299 e. The Kier molecular flexibility index (Phi) is 2.90. The minimum atomic E-state index is -0.0649. The van der Waals surface area contributed by atoms with Crippen molar-refractivity contribution in [3.05, 3.63) is 23.8 Å². The summed E-state index contributed by atoms with van der Waals surface area (Å²) in [6.07, 6.45) is 8.61. The molecule has 4 aliphatic carbocycles. The molecule has 5 atom stereocenters. The maximum absolute atomic E-state index is 12.4. The van der Waals surface area contributed by atoms with Crippen LogP contribution in [0.4, 0.5) is 0 Å². The number of carbonyl (C=O) groups excluding carboxylic acids is 2. The van der Waals surface area contributed by atoms with E-state index in [0.717, 1.165) is 44.1 Å². The molecule has 0 N–H and O–H groups in total. The Morgan fingerprint density at radius 3 is 2.64 bits per heavy atom. The lowest BCUT2D eigenvalue weighted by atomic mass is 9.46. The van der Waals surface area contributed by atoms with Gasteiger partial charge in [0.05, 0.1) is 0 Å². The van der Waals surface area contributed by atoms with E-state index in [2.05, 4.69) is 20.4 Å². The van der Waals surface area contributed by atoms with Gasteiger partial charge in [0.15, 0.2) is 5.78 Å². The van der Waals surface area contributed by atoms with Crippen molar-refractivity contribution in [2.45, 2.75) is 58.8 Å². The number of Topliss-reactive ketones (excluding diaryl/α,β-unsaturated/α-hetero) is 1. The van der Waals surface area contributed by atoms with E-state index in [-0.39, 0.29) is 16.6 Å². The average molecular weight is 298 g/mol. The fraction of sp³-hybridized carbons (Fsp3) is 0.700. The van der Waals surface area contributed by atoms with Crippen molar-refractivity contribution in [1.29, 1.82) is 0 Å². The molecule has 4 aliphatic rings. The second-order valence-electron chi connectivity index (χ2n) is 8.45. The van der Waals surface area contributed by atoms with Gasteiger partial charge in [-0.3, -0.25) is 9.59 Å². The van der Waals surface area contributed by atoms with E-state index in [9.17, 15) is 9.59 Å². The first-order chi connectivity index (χ1) is 10.4. The van der Waals surface area contributed by atoms with Crippen LogP contribution in [0.25, 0.3) is 0 Å². The number of hydrogen-bond donors (Lipinski definition) is 0. The van der Waals surface area contributed by atoms with Gasteiger partial charge in [-0.25, -0.2) is 0 Å². The Balaban J connectivity index is 1.75. The highest BCUT2D eigenvalue weighted by molar-refractivity contribution is 5.94. The molecule has 0 aromatic carbocycles. The molecule has 0 saturated heterocycles. The average Bonchev–Trinajstić information content (AvgIpc) is 2.77. The van der Waals surface area contributed by atoms with Crippen LogP contribution in [-0.2, 0) is 9.59 Å². The van der Waals surface area contributed by atoms with E-state index in [0.29, 0.717) is 30.0 Å². The minimum absolute atomic E-state index is 0.00376. The van der Waals surface area contributed by atoms with Crippen molar-refractivity contribution in [1.82, 2.24) is 0 Å². The highest BCUT2D eigenvalue weighted by Crippen LogP contribution is 2.65. The summed E-state index contributed by atoms with van der Waals surface area (Å²) in [6, 6.07) is 0. The Hall–Kier alpha value is -1.18. The molecule has 0 bridgehead atoms. The molecule has 0 aliphatic heterocycles. The van der Waals surface area contributed by atoms with Gasteiger partial charge in [-0.1, -0.05) is 31.6 Å². The zero-order valence-electron chi connectivity index (χ0n) is 13.8. The Bertz CT molecular complexity index is 613. The van der Waals surface area contributed by atoms with Crippen LogP contribution in [0.15, 0.2) is 23.8 Å². The maximum atomic E-state index is 12.4. The summed E-state index contributed by atoms with van der Waals surface area (Å²) in [5.41, 5.74) is 2.38. The van der Waals surface area contributed by atoms with Crippen molar-refractivity contribution in [3.8, 4) is 0 Å². The van der Waals surface area contributed by atoms with Gasteiger partial charge in [-0.2, -0.15) is 0 Å². The predicted octanol–water partition coefficient (Wildman–Crippen LogP) is 4.25. The van der Waals surface area contributed by atoms with Crippen molar-refractivity contribution in [2.24, 2.45) is 28.6 Å². The molecular weight excluding hydrogens is 272 g/mol. The summed E-state index contributed by atoms with van der Waals surface area (Å²) in [5, 5.41) is 0. The summed E-state index contributed by atoms with van der Waals surface area (Å²) in [4.78, 5) is 24.3. The monoisotopic (exact) mass is 298 g/mol. The molecule has 2 heteroatoms. The van der Waals surface area contributed by atoms with Gasteiger partial charge in [-0.15, -0.1) is 0 Å². The highest BCUT2D eigenvalue weighted by atomic mass is 16.1. The zero-order valence-corrected chi connectivity index (χ0v) is 13.8. The molecule has 0 unspecified atom stereocenters. The molecule has 0 amide bonds. The normalized spacial score (nSPS) is 47.6. The van der Waals surface area contributed by atoms with Crippen molar-refractivity contribution in [2.75, 3.05) is 0 Å². The number of ketones is 2. The van der Waals surface area contributed by atoms with Crippen LogP contribution in [0.1, 0.15) is 58.8 Å². The van der Waals surface area contributed by atoms with E-state index in [1.54, 1.807) is 0 Å². The van der Waals surface area contributed by atoms with Gasteiger partial charge in [0.2, 0.25) is 0 Å². The first-order valence-corrected chi connectivity index (χ1v) is 8.83. The molecule has 22 heavy (non-hydrogen) atoms. The Morgan fingerprint density at radius 2 is 1.86 bits per heavy atom. The van der Waals surface area contributed by atoms with E-state index in [1.807, 2.05) is 6.08 Å². The third-order valence-corrected chi connectivity index (χ3v) is 7.76. The van der Waals surface area contributed by atoms with Crippen molar-refractivity contribution in [3.63, 3.8) is 0 Å². The molecule has 2 nitrogen and oxygen atoms in total. The zero-order chi connectivity index (χ0) is 15.7. The van der Waals surface area contributed by atoms with Gasteiger partial charge in [-0.05, 0) is 55.9 Å². The minimum Gasteiger partial charge on any atom is -0.299 e. The molecule has 118 valence electrons. The molecule has 0 aromatic heterocycles. The van der Waals surface area contributed by atoms with Crippen LogP contribution in [0, 0.1) is 28.6 Å². The van der Waals surface area contributed by atoms with Crippen LogP contribution in [-0.4, -0.2) is 11.6 Å². The topological polar surface area (TPSA) is 34.1 Å². The summed E-state index contributed by atoms with van der Waals surface area (Å²) < 4.78 is 0. The summed E-state index contributed by atoms with van der Waals surface area (Å²) in [5.74, 6) is 2.50. The van der Waals surface area contributed by atoms with E-state index in [4.69, 9.17) is 0 Å². The van der Waals surface area contributed by atoms with E-state index >= 15 is 0 Å². The van der Waals surface area contributed by atoms with E-state index in [1.165, 1.54) is 5.57 Å². The first-order valence-electron chi connectivity index (χ1n) is 8.83. The fourth-order valence-corrected chi connectivity index (χ4v) is 6.35. The van der Waals surface area contributed by atoms with Gasteiger partial charge in [0, 0.05) is 23.7 Å². The molecular formula is C20H26O2. The van der Waals surface area contributed by atoms with Crippen LogP contribution < -0.4 is 0 Å². The fourth-order valence-electron chi connectivity index (χ4n) is 6.35. The number of fused-ring (bicyclic) bond motifs is 5. The third kappa shape index (κ3) is 1.62. The summed E-state index contributed by atoms with van der Waals surface area (Å²) in [7, 11) is 0. The van der Waals surface area contributed by atoms with Crippen LogP contribution in [0.5, 0.6) is 0 Å². The van der Waals surface area contributed by atoms with Crippen molar-refractivity contribution < 1.29 is 9.59 Å². The molecule has 3 saturated carbocycles. The molecule has 4 rings (SSSR count). The SMILES string of the molecule is C=C1CC(=O)C=C2CC[C@@H]3[C@H](CC[C@]4(C)C(=O)CC[C@@H]34)[C@@]12C. The third-order valence-electron chi connectivity index (χ3n) is 7.76. The molecule has 0 aromatic rings. The quantitative estimate of drug-likeness (QED) is 0.626. The second kappa shape index (κ2) is 4.43. The first kappa shape index (κ1) is 14.4. The smallest absolute Gasteiger partial charge is 0.159 e. The number of rotatable bonds is 0. The van der Waals surface area contributed by atoms with Gasteiger partial charge in [0.25, 0.3) is 0 Å². The molecule has 0 spiro atoms. The number of allylic oxidation sites excluding steroid dienone is 2. The summed E-state index contributed by atoms with van der Waals surface area (Å²) in [6.45, 7) is 8.84. The standard InChI is InChI=1S/C20H26O2/c1-12-10-14(21)11-13-4-5-15-16-6-7-18(22)19(16,2)9-8-17(15)20(12,13)3/h11,15-17H,1,4-10H2,2-3H3/t15-,16-,17-,19-,20-/m0/s1. The van der Waals surface area contributed by atoms with Crippen molar-refractivity contribution >= 4 is 11.6 Å². The highest BCUT2D eigenvalue weighted by Gasteiger charge is 2.59. The van der Waals surface area contributed by atoms with Crippen LogP contribution >= 0.6 is 0 Å². The van der Waals surface area contributed by atoms with Gasteiger partial charge >= 0.3 is 0 Å². The van der Waals surface area contributed by atoms with Gasteiger partial charge < -0.3 is 0 Å². The van der Waals surface area contributed by atoms with E-state index < -0.39 is 0 Å². The Morgan fingerprint density at radius 1 is 1.09 bits per heavy atom. The lowest BCUT2D eigenvalue weighted by Gasteiger charge is -2.57. The van der Waals surface area contributed by atoms with Crippen LogP contribution in [0.3, 0.4) is 0 Å². The number of carbonyl (C=O) groups is 2. The van der Waals surface area contributed by atoms with Crippen LogP contribution in [0.2, 0.25) is 0 Å². The molecule has 0 heterocycles.